The van der Waals surface area contributed by atoms with Gasteiger partial charge in [0.2, 0.25) is 5.84 Å². The lowest BCUT2D eigenvalue weighted by Crippen LogP contribution is -2.01. The number of rotatable bonds is 5. The van der Waals surface area contributed by atoms with Crippen LogP contribution in [0.5, 0.6) is 5.75 Å². The van der Waals surface area contributed by atoms with E-state index in [1.807, 2.05) is 6.07 Å². The lowest BCUT2D eigenvalue weighted by Gasteiger charge is -2.05. The first-order chi connectivity index (χ1) is 13.5. The first-order valence-electron chi connectivity index (χ1n) is 8.07. The molecule has 0 fully saturated rings. The first-order valence-corrected chi connectivity index (χ1v) is 8.45. The number of aromatic hydroxyl groups is 1. The Labute approximate surface area is 165 Å². The van der Waals surface area contributed by atoms with Crippen LogP contribution in [0, 0.1) is 10.1 Å². The molecule has 0 aliphatic heterocycles. The number of phenolic OH excluding ortho intramolecular Hbond substituents is 1. The largest absolute Gasteiger partial charge is 0.506 e. The van der Waals surface area contributed by atoms with Crippen molar-refractivity contribution < 1.29 is 10.0 Å². The SMILES string of the molecule is O=[N+]([O-])c1ccc(O)c(NN=C(N=Nc2ccccc2Cl)c2ccccc2)c1. The van der Waals surface area contributed by atoms with Gasteiger partial charge in [-0.15, -0.1) is 10.2 Å². The Morgan fingerprint density at radius 1 is 1.04 bits per heavy atom. The van der Waals surface area contributed by atoms with Crippen molar-refractivity contribution in [1.29, 1.82) is 0 Å². The monoisotopic (exact) mass is 395 g/mol. The summed E-state index contributed by atoms with van der Waals surface area (Å²) in [5.41, 5.74) is 3.60. The predicted octanol–water partition coefficient (Wildman–Crippen LogP) is 5.51. The molecule has 0 aliphatic rings. The molecule has 140 valence electrons. The Kier molecular flexibility index (Phi) is 5.93. The molecular formula is C19H14ClN5O3. The molecule has 8 nitrogen and oxygen atoms in total. The van der Waals surface area contributed by atoms with Crippen LogP contribution in [0.1, 0.15) is 5.56 Å². The van der Waals surface area contributed by atoms with Crippen molar-refractivity contribution in [1.82, 2.24) is 0 Å². The van der Waals surface area contributed by atoms with Crippen LogP contribution in [0.2, 0.25) is 5.02 Å². The number of azo groups is 1. The van der Waals surface area contributed by atoms with Crippen LogP contribution < -0.4 is 5.43 Å². The minimum atomic E-state index is -0.566. The highest BCUT2D eigenvalue weighted by molar-refractivity contribution is 6.32. The smallest absolute Gasteiger partial charge is 0.271 e. The lowest BCUT2D eigenvalue weighted by molar-refractivity contribution is -0.384. The molecule has 0 spiro atoms. The number of phenols is 1. The third kappa shape index (κ3) is 4.68. The number of halogens is 1. The van der Waals surface area contributed by atoms with Gasteiger partial charge in [0.25, 0.3) is 5.69 Å². The summed E-state index contributed by atoms with van der Waals surface area (Å²) in [5, 5.41) is 33.7. The summed E-state index contributed by atoms with van der Waals surface area (Å²) in [6, 6.07) is 19.5. The molecule has 3 rings (SSSR count). The molecule has 0 saturated carbocycles. The average molecular weight is 396 g/mol. The number of nitro benzene ring substituents is 1. The van der Waals surface area contributed by atoms with Gasteiger partial charge in [0.1, 0.15) is 17.1 Å². The molecule has 0 aromatic heterocycles. The molecule has 0 amide bonds. The fourth-order valence-electron chi connectivity index (χ4n) is 2.21. The van der Waals surface area contributed by atoms with Gasteiger partial charge in [0.05, 0.1) is 9.95 Å². The van der Waals surface area contributed by atoms with Gasteiger partial charge in [-0.25, -0.2) is 0 Å². The molecule has 0 aliphatic carbocycles. The highest BCUT2D eigenvalue weighted by atomic mass is 35.5. The fourth-order valence-corrected chi connectivity index (χ4v) is 2.38. The number of nitrogens with one attached hydrogen (secondary N) is 1. The second-order valence-electron chi connectivity index (χ2n) is 5.52. The number of hydrogen-bond donors (Lipinski definition) is 2. The Balaban J connectivity index is 1.95. The molecule has 0 radical (unpaired) electrons. The number of anilines is 1. The summed E-state index contributed by atoms with van der Waals surface area (Å²) in [6.45, 7) is 0. The molecule has 3 aromatic rings. The van der Waals surface area contributed by atoms with Crippen molar-refractivity contribution in [2.75, 3.05) is 5.43 Å². The van der Waals surface area contributed by atoms with E-state index in [2.05, 4.69) is 20.8 Å². The zero-order chi connectivity index (χ0) is 19.9. The van der Waals surface area contributed by atoms with Gasteiger partial charge in [0, 0.05) is 17.7 Å². The van der Waals surface area contributed by atoms with E-state index in [9.17, 15) is 15.2 Å². The summed E-state index contributed by atoms with van der Waals surface area (Å²) >= 11 is 6.09. The maximum absolute atomic E-state index is 10.9. The molecule has 0 saturated heterocycles. The van der Waals surface area contributed by atoms with Crippen molar-refractivity contribution in [3.63, 3.8) is 0 Å². The van der Waals surface area contributed by atoms with E-state index < -0.39 is 4.92 Å². The number of hydrazone groups is 1. The lowest BCUT2D eigenvalue weighted by atomic mass is 10.2. The standard InChI is InChI=1S/C19H14ClN5O3/c20-15-8-4-5-9-16(15)21-23-19(13-6-2-1-3-7-13)24-22-17-12-14(25(27)28)10-11-18(17)26/h1-12,22,26H. The molecule has 0 unspecified atom stereocenters. The van der Waals surface area contributed by atoms with E-state index in [0.717, 1.165) is 0 Å². The topological polar surface area (TPSA) is 112 Å². The first kappa shape index (κ1) is 19.0. The number of benzene rings is 3. The molecular weight excluding hydrogens is 382 g/mol. The zero-order valence-corrected chi connectivity index (χ0v) is 15.1. The van der Waals surface area contributed by atoms with Crippen LogP contribution >= 0.6 is 11.6 Å². The number of amidine groups is 1. The van der Waals surface area contributed by atoms with Gasteiger partial charge in [0.15, 0.2) is 0 Å². The van der Waals surface area contributed by atoms with Crippen LogP contribution in [-0.4, -0.2) is 15.9 Å². The van der Waals surface area contributed by atoms with Crippen molar-refractivity contribution in [2.45, 2.75) is 0 Å². The highest BCUT2D eigenvalue weighted by Gasteiger charge is 2.11. The molecule has 0 bridgehead atoms. The van der Waals surface area contributed by atoms with E-state index in [-0.39, 0.29) is 23.0 Å². The second-order valence-corrected chi connectivity index (χ2v) is 5.93. The molecule has 2 N–H and O–H groups in total. The number of nitro groups is 1. The Bertz CT molecular complexity index is 1050. The van der Waals surface area contributed by atoms with Crippen molar-refractivity contribution in [2.24, 2.45) is 15.3 Å². The maximum atomic E-state index is 10.9. The van der Waals surface area contributed by atoms with Crippen LogP contribution in [0.4, 0.5) is 17.1 Å². The second kappa shape index (κ2) is 8.74. The third-order valence-electron chi connectivity index (χ3n) is 3.61. The van der Waals surface area contributed by atoms with Gasteiger partial charge in [-0.1, -0.05) is 54.1 Å². The highest BCUT2D eigenvalue weighted by Crippen LogP contribution is 2.28. The van der Waals surface area contributed by atoms with Gasteiger partial charge in [-0.2, -0.15) is 5.10 Å². The van der Waals surface area contributed by atoms with Gasteiger partial charge in [-0.05, 0) is 18.2 Å². The Morgan fingerprint density at radius 2 is 1.75 bits per heavy atom. The molecule has 9 heteroatoms. The van der Waals surface area contributed by atoms with Crippen molar-refractivity contribution >= 4 is 34.5 Å². The summed E-state index contributed by atoms with van der Waals surface area (Å²) in [4.78, 5) is 10.4. The fraction of sp³-hybridized carbons (Fsp3) is 0. The van der Waals surface area contributed by atoms with Gasteiger partial charge >= 0.3 is 0 Å². The summed E-state index contributed by atoms with van der Waals surface area (Å²) in [5.74, 6) is 0.0104. The van der Waals surface area contributed by atoms with Crippen molar-refractivity contribution in [3.05, 3.63) is 93.5 Å². The van der Waals surface area contributed by atoms with E-state index in [4.69, 9.17) is 11.6 Å². The Hall–Kier alpha value is -3.78. The summed E-state index contributed by atoms with van der Waals surface area (Å²) < 4.78 is 0. The summed E-state index contributed by atoms with van der Waals surface area (Å²) in [6.07, 6.45) is 0. The van der Waals surface area contributed by atoms with Gasteiger partial charge < -0.3 is 5.11 Å². The number of non-ortho nitro benzene ring substituents is 1. The minimum absolute atomic E-state index is 0.0653. The molecule has 3 aromatic carbocycles. The van der Waals surface area contributed by atoms with Crippen molar-refractivity contribution in [3.8, 4) is 5.75 Å². The van der Waals surface area contributed by atoms with Crippen LogP contribution in [-0.2, 0) is 0 Å². The minimum Gasteiger partial charge on any atom is -0.506 e. The Morgan fingerprint density at radius 3 is 2.46 bits per heavy atom. The van der Waals surface area contributed by atoms with E-state index >= 15 is 0 Å². The predicted molar refractivity (Wildman–Crippen MR) is 107 cm³/mol. The van der Waals surface area contributed by atoms with E-state index in [1.54, 1.807) is 48.5 Å². The normalized spacial score (nSPS) is 11.5. The zero-order valence-electron chi connectivity index (χ0n) is 14.4. The molecule has 28 heavy (non-hydrogen) atoms. The van der Waals surface area contributed by atoms with E-state index in [0.29, 0.717) is 16.3 Å². The third-order valence-corrected chi connectivity index (χ3v) is 3.93. The van der Waals surface area contributed by atoms with Gasteiger partial charge in [-0.3, -0.25) is 15.5 Å². The van der Waals surface area contributed by atoms with Crippen LogP contribution in [0.3, 0.4) is 0 Å². The van der Waals surface area contributed by atoms with E-state index in [1.165, 1.54) is 18.2 Å². The number of hydrogen-bond acceptors (Lipinski definition) is 6. The van der Waals surface area contributed by atoms with Crippen LogP contribution in [0.25, 0.3) is 0 Å². The summed E-state index contributed by atoms with van der Waals surface area (Å²) in [7, 11) is 0. The molecule has 0 atom stereocenters. The maximum Gasteiger partial charge on any atom is 0.271 e. The van der Waals surface area contributed by atoms with Crippen LogP contribution in [0.15, 0.2) is 88.1 Å². The average Bonchev–Trinajstić information content (AvgIpc) is 2.71. The molecule has 0 heterocycles. The number of nitrogens with zero attached hydrogens (tertiary/aromatic N) is 4. The quantitative estimate of drug-likeness (QED) is 0.148.